The zero-order valence-electron chi connectivity index (χ0n) is 12.3. The van der Waals surface area contributed by atoms with Crippen molar-refractivity contribution in [3.8, 4) is 0 Å². The van der Waals surface area contributed by atoms with Gasteiger partial charge in [0.2, 0.25) is 0 Å². The quantitative estimate of drug-likeness (QED) is 0.834. The van der Waals surface area contributed by atoms with E-state index in [1.807, 2.05) is 6.20 Å². The fourth-order valence-corrected chi connectivity index (χ4v) is 2.39. The Morgan fingerprint density at radius 3 is 2.74 bits per heavy atom. The van der Waals surface area contributed by atoms with E-state index in [1.54, 1.807) is 0 Å². The number of fused-ring (bicyclic) bond motifs is 1. The highest BCUT2D eigenvalue weighted by molar-refractivity contribution is 5.93. The topological polar surface area (TPSA) is 28.2 Å². The first kappa shape index (κ1) is 13.8. The molecule has 0 aliphatic rings. The Hall–Kier alpha value is -1.61. The monoisotopic (exact) mass is 257 g/mol. The molecular formula is C16H23N3. The van der Waals surface area contributed by atoms with Crippen LogP contribution in [-0.4, -0.2) is 37.1 Å². The lowest BCUT2D eigenvalue weighted by Crippen LogP contribution is -2.16. The molecule has 1 aromatic heterocycles. The lowest BCUT2D eigenvalue weighted by molar-refractivity contribution is 0.405. The van der Waals surface area contributed by atoms with Crippen LogP contribution in [0.2, 0.25) is 0 Å². The second-order valence-corrected chi connectivity index (χ2v) is 5.42. The zero-order valence-corrected chi connectivity index (χ0v) is 12.3. The van der Waals surface area contributed by atoms with Crippen LogP contribution in [0.15, 0.2) is 24.4 Å². The van der Waals surface area contributed by atoms with Crippen molar-refractivity contribution < 1.29 is 0 Å². The molecule has 2 rings (SSSR count). The minimum Gasteiger partial charge on any atom is -0.384 e. The van der Waals surface area contributed by atoms with Crippen LogP contribution in [0, 0.1) is 13.8 Å². The number of nitrogens with zero attached hydrogens (tertiary/aromatic N) is 2. The number of hydrogen-bond acceptors (Lipinski definition) is 3. The van der Waals surface area contributed by atoms with Gasteiger partial charge in [-0.25, -0.2) is 0 Å². The van der Waals surface area contributed by atoms with Gasteiger partial charge in [0.15, 0.2) is 0 Å². The van der Waals surface area contributed by atoms with Crippen LogP contribution in [-0.2, 0) is 0 Å². The fraction of sp³-hybridized carbons (Fsp3) is 0.438. The van der Waals surface area contributed by atoms with Gasteiger partial charge in [0.05, 0.1) is 5.52 Å². The molecule has 2 aromatic rings. The van der Waals surface area contributed by atoms with E-state index in [-0.39, 0.29) is 0 Å². The third kappa shape index (κ3) is 3.44. The zero-order chi connectivity index (χ0) is 13.8. The van der Waals surface area contributed by atoms with E-state index >= 15 is 0 Å². The Bertz CT molecular complexity index is 561. The average molecular weight is 257 g/mol. The molecule has 1 heterocycles. The van der Waals surface area contributed by atoms with E-state index in [0.717, 1.165) is 25.0 Å². The van der Waals surface area contributed by atoms with Crippen LogP contribution >= 0.6 is 0 Å². The van der Waals surface area contributed by atoms with E-state index in [4.69, 9.17) is 0 Å². The number of aryl methyl sites for hydroxylation is 2. The standard InChI is InChI=1S/C16H23N3/c1-12-10-13(2)16-14(11-12)15(6-8-18-16)17-7-5-9-19(3)4/h6,8,10-11H,5,7,9H2,1-4H3,(H,17,18). The summed E-state index contributed by atoms with van der Waals surface area (Å²) in [6.45, 7) is 6.35. The Morgan fingerprint density at radius 2 is 2.00 bits per heavy atom. The van der Waals surface area contributed by atoms with Crippen molar-refractivity contribution in [2.45, 2.75) is 20.3 Å². The molecule has 0 unspecified atom stereocenters. The molecule has 0 saturated heterocycles. The number of anilines is 1. The molecule has 3 nitrogen and oxygen atoms in total. The van der Waals surface area contributed by atoms with Crippen molar-refractivity contribution in [3.05, 3.63) is 35.5 Å². The summed E-state index contributed by atoms with van der Waals surface area (Å²) in [4.78, 5) is 6.70. The summed E-state index contributed by atoms with van der Waals surface area (Å²) < 4.78 is 0. The normalized spacial score (nSPS) is 11.2. The maximum Gasteiger partial charge on any atom is 0.0752 e. The Kier molecular flexibility index (Phi) is 4.38. The largest absolute Gasteiger partial charge is 0.384 e. The van der Waals surface area contributed by atoms with Gasteiger partial charge in [0.1, 0.15) is 0 Å². The predicted molar refractivity (Wildman–Crippen MR) is 82.9 cm³/mol. The fourth-order valence-electron chi connectivity index (χ4n) is 2.39. The molecule has 0 bridgehead atoms. The van der Waals surface area contributed by atoms with Crippen LogP contribution in [0.5, 0.6) is 0 Å². The number of aromatic nitrogens is 1. The Morgan fingerprint density at radius 1 is 1.21 bits per heavy atom. The minimum atomic E-state index is 0.990. The smallest absolute Gasteiger partial charge is 0.0752 e. The number of benzene rings is 1. The SMILES string of the molecule is Cc1cc(C)c2nccc(NCCCN(C)C)c2c1. The van der Waals surface area contributed by atoms with Crippen molar-refractivity contribution in [3.63, 3.8) is 0 Å². The molecule has 0 saturated carbocycles. The molecular weight excluding hydrogens is 234 g/mol. The molecule has 102 valence electrons. The maximum absolute atomic E-state index is 4.49. The summed E-state index contributed by atoms with van der Waals surface area (Å²) in [5.41, 5.74) is 4.82. The van der Waals surface area contributed by atoms with Crippen molar-refractivity contribution in [2.24, 2.45) is 0 Å². The van der Waals surface area contributed by atoms with Gasteiger partial charge in [-0.3, -0.25) is 4.98 Å². The molecule has 19 heavy (non-hydrogen) atoms. The highest BCUT2D eigenvalue weighted by Gasteiger charge is 2.05. The number of nitrogens with one attached hydrogen (secondary N) is 1. The van der Waals surface area contributed by atoms with Crippen LogP contribution < -0.4 is 5.32 Å². The first-order chi connectivity index (χ1) is 9.08. The number of hydrogen-bond donors (Lipinski definition) is 1. The Balaban J connectivity index is 2.19. The Labute approximate surface area is 115 Å². The van der Waals surface area contributed by atoms with Gasteiger partial charge < -0.3 is 10.2 Å². The summed E-state index contributed by atoms with van der Waals surface area (Å²) in [6, 6.07) is 6.46. The molecule has 0 aliphatic heterocycles. The lowest BCUT2D eigenvalue weighted by atomic mass is 10.1. The first-order valence-corrected chi connectivity index (χ1v) is 6.82. The molecule has 0 atom stereocenters. The van der Waals surface area contributed by atoms with E-state index in [9.17, 15) is 0 Å². The summed E-state index contributed by atoms with van der Waals surface area (Å²) in [5, 5.41) is 4.76. The van der Waals surface area contributed by atoms with Gasteiger partial charge in [-0.15, -0.1) is 0 Å². The predicted octanol–water partition coefficient (Wildman–Crippen LogP) is 3.22. The second kappa shape index (κ2) is 6.02. The van der Waals surface area contributed by atoms with Crippen LogP contribution in [0.3, 0.4) is 0 Å². The third-order valence-electron chi connectivity index (χ3n) is 3.28. The van der Waals surface area contributed by atoms with Gasteiger partial charge in [-0.05, 0) is 58.6 Å². The molecule has 0 amide bonds. The van der Waals surface area contributed by atoms with E-state index in [2.05, 4.69) is 61.3 Å². The summed E-state index contributed by atoms with van der Waals surface area (Å²) in [7, 11) is 4.21. The van der Waals surface area contributed by atoms with Gasteiger partial charge >= 0.3 is 0 Å². The third-order valence-corrected chi connectivity index (χ3v) is 3.28. The maximum atomic E-state index is 4.49. The summed E-state index contributed by atoms with van der Waals surface area (Å²) >= 11 is 0. The van der Waals surface area contributed by atoms with Gasteiger partial charge in [-0.1, -0.05) is 11.6 Å². The molecule has 3 heteroatoms. The minimum absolute atomic E-state index is 0.990. The molecule has 0 radical (unpaired) electrons. The van der Waals surface area contributed by atoms with Gasteiger partial charge in [-0.2, -0.15) is 0 Å². The van der Waals surface area contributed by atoms with E-state index in [0.29, 0.717) is 0 Å². The molecule has 1 N–H and O–H groups in total. The number of rotatable bonds is 5. The highest BCUT2D eigenvalue weighted by Crippen LogP contribution is 2.25. The summed E-state index contributed by atoms with van der Waals surface area (Å²) in [5.74, 6) is 0. The lowest BCUT2D eigenvalue weighted by Gasteiger charge is -2.13. The van der Waals surface area contributed by atoms with Crippen LogP contribution in [0.4, 0.5) is 5.69 Å². The van der Waals surface area contributed by atoms with Crippen molar-refractivity contribution in [2.75, 3.05) is 32.5 Å². The average Bonchev–Trinajstić information content (AvgIpc) is 2.34. The van der Waals surface area contributed by atoms with E-state index < -0.39 is 0 Å². The van der Waals surface area contributed by atoms with E-state index in [1.165, 1.54) is 22.2 Å². The summed E-state index contributed by atoms with van der Waals surface area (Å²) in [6.07, 6.45) is 3.03. The molecule has 0 aliphatic carbocycles. The van der Waals surface area contributed by atoms with Crippen molar-refractivity contribution in [1.82, 2.24) is 9.88 Å². The number of pyridine rings is 1. The van der Waals surface area contributed by atoms with Gasteiger partial charge in [0, 0.05) is 23.8 Å². The molecule has 1 aromatic carbocycles. The molecule has 0 spiro atoms. The second-order valence-electron chi connectivity index (χ2n) is 5.42. The van der Waals surface area contributed by atoms with Crippen molar-refractivity contribution >= 4 is 16.6 Å². The molecule has 0 fully saturated rings. The van der Waals surface area contributed by atoms with Crippen molar-refractivity contribution in [1.29, 1.82) is 0 Å². The van der Waals surface area contributed by atoms with Gasteiger partial charge in [0.25, 0.3) is 0 Å². The van der Waals surface area contributed by atoms with Crippen LogP contribution in [0.25, 0.3) is 10.9 Å². The first-order valence-electron chi connectivity index (χ1n) is 6.82. The van der Waals surface area contributed by atoms with Crippen LogP contribution in [0.1, 0.15) is 17.5 Å². The highest BCUT2D eigenvalue weighted by atomic mass is 15.1.